The summed E-state index contributed by atoms with van der Waals surface area (Å²) < 4.78 is 23.7. The first kappa shape index (κ1) is 47.3. The molecule has 6 N–H and O–H groups in total. The Hall–Kier alpha value is -5.16. The standard InChI is InChI=1S/C47H64N4O12/c1-24-13-12-14-25(2)46(59)49-37-32(23-48-51-20-18-50(19-21-51)31-15-10-11-16-31)41(56)34-35(42(37)57)40(55)29(6)44-36(34)45(58)47(8,63-44)61-22-17-33(60-9)26(3)43(62-30(7)52)28(5)39(54)27(4)38(24)53/h12-14,17,22-24,26-28,31,33,38-39,43,53-57H,10-11,15-16,18-21H2,1-9H3,(H,49,59)/b13-12-,22-17?,25-14-,48-23?/t24-,26+,27+,28+,33-,38-,39+,43+,47-/m0/s1. The molecule has 7 rings (SSSR count). The third kappa shape index (κ3) is 9.40. The van der Waals surface area contributed by atoms with Crippen LogP contribution in [0.1, 0.15) is 95.6 Å². The summed E-state index contributed by atoms with van der Waals surface area (Å²) in [6.45, 7) is 15.4. The average molecular weight is 877 g/mol. The van der Waals surface area contributed by atoms with E-state index in [-0.39, 0.29) is 44.5 Å². The number of aromatic hydroxyl groups is 3. The number of Topliss-reactive ketones (excluding diaryl/α,β-unsaturated/α-hetero) is 1. The highest BCUT2D eigenvalue weighted by molar-refractivity contribution is 6.23. The molecular formula is C47H64N4O12. The Bertz CT molecular complexity index is 2190. The summed E-state index contributed by atoms with van der Waals surface area (Å²) in [5.74, 6) is -8.28. The van der Waals surface area contributed by atoms with Crippen LogP contribution in [0.5, 0.6) is 23.0 Å². The molecule has 63 heavy (non-hydrogen) atoms. The number of rotatable bonds is 5. The van der Waals surface area contributed by atoms with Crippen LogP contribution in [0, 0.1) is 30.6 Å². The molecule has 344 valence electrons. The number of carbonyl (C=O) groups excluding carboxylic acids is 3. The van der Waals surface area contributed by atoms with Crippen LogP contribution in [0.15, 0.2) is 41.2 Å². The number of carbonyl (C=O) groups is 3. The second kappa shape index (κ2) is 19.3. The number of amides is 1. The van der Waals surface area contributed by atoms with Crippen molar-refractivity contribution in [1.82, 2.24) is 9.91 Å². The molecule has 4 heterocycles. The molecule has 5 bridgehead atoms. The molecule has 1 aliphatic carbocycles. The van der Waals surface area contributed by atoms with Gasteiger partial charge in [0.05, 0.1) is 53.0 Å². The number of methoxy groups -OCH3 is 1. The summed E-state index contributed by atoms with van der Waals surface area (Å²) in [5.41, 5.74) is -0.293. The molecular weight excluding hydrogens is 813 g/mol. The van der Waals surface area contributed by atoms with Crippen molar-refractivity contribution < 1.29 is 58.9 Å². The SMILES string of the molecule is CO[C@H]1C=CO[C@@]2(C)Oc3c(C)c(O)c4c(O)c(c(C=NN5CCN(C6CCCC6)CC5)c(O)c4c3C2=O)NC(=O)/C(C)=C\C=C/[C@H](C)[C@H](O)[C@@H](C)[C@@H](O)[C@@H](C)[C@H](OC(C)=O)[C@@H]1C. The van der Waals surface area contributed by atoms with Gasteiger partial charge in [-0.15, -0.1) is 0 Å². The maximum atomic E-state index is 14.5. The van der Waals surface area contributed by atoms with Gasteiger partial charge in [-0.2, -0.15) is 5.10 Å². The highest BCUT2D eigenvalue weighted by Crippen LogP contribution is 2.55. The summed E-state index contributed by atoms with van der Waals surface area (Å²) in [7, 11) is 1.44. The van der Waals surface area contributed by atoms with Gasteiger partial charge in [-0.3, -0.25) is 24.3 Å². The fourth-order valence-electron chi connectivity index (χ4n) is 9.47. The van der Waals surface area contributed by atoms with E-state index >= 15 is 0 Å². The van der Waals surface area contributed by atoms with Crippen molar-refractivity contribution in [3.05, 3.63) is 52.8 Å². The van der Waals surface area contributed by atoms with Crippen LogP contribution in [-0.2, 0) is 23.8 Å². The van der Waals surface area contributed by atoms with Crippen LogP contribution in [0.2, 0.25) is 0 Å². The van der Waals surface area contributed by atoms with E-state index in [4.69, 9.17) is 18.9 Å². The Morgan fingerprint density at radius 1 is 0.921 bits per heavy atom. The van der Waals surface area contributed by atoms with E-state index in [2.05, 4.69) is 15.3 Å². The Labute approximate surface area is 368 Å². The van der Waals surface area contributed by atoms with Gasteiger partial charge in [0, 0.05) is 93.4 Å². The molecule has 0 aromatic heterocycles. The lowest BCUT2D eigenvalue weighted by molar-refractivity contribution is -0.160. The quantitative estimate of drug-likeness (QED) is 0.0926. The van der Waals surface area contributed by atoms with E-state index in [9.17, 15) is 39.9 Å². The van der Waals surface area contributed by atoms with Crippen molar-refractivity contribution >= 4 is 40.3 Å². The molecule has 1 amide bonds. The van der Waals surface area contributed by atoms with E-state index in [1.807, 2.05) is 5.01 Å². The topological polar surface area (TPSA) is 220 Å². The van der Waals surface area contributed by atoms with Gasteiger partial charge >= 0.3 is 11.8 Å². The number of allylic oxidation sites excluding steroid dienone is 2. The number of phenolic OH excluding ortho intramolecular Hbond substituents is 3. The molecule has 2 aromatic carbocycles. The zero-order valence-corrected chi connectivity index (χ0v) is 37.8. The minimum atomic E-state index is -2.04. The monoisotopic (exact) mass is 876 g/mol. The second-order valence-electron chi connectivity index (χ2n) is 17.8. The predicted octanol–water partition coefficient (Wildman–Crippen LogP) is 5.65. The number of fused-ring (bicyclic) bond motifs is 14. The zero-order chi connectivity index (χ0) is 46.1. The van der Waals surface area contributed by atoms with Crippen LogP contribution in [-0.4, -0.2) is 129 Å². The van der Waals surface area contributed by atoms with Crippen molar-refractivity contribution in [1.29, 1.82) is 0 Å². The number of ether oxygens (including phenoxy) is 4. The van der Waals surface area contributed by atoms with Gasteiger partial charge < -0.3 is 49.8 Å². The fraction of sp³-hybridized carbons (Fsp3) is 0.574. The number of hydrogen-bond acceptors (Lipinski definition) is 15. The molecule has 2 aromatic rings. The summed E-state index contributed by atoms with van der Waals surface area (Å²) in [6, 6.07) is 0.553. The summed E-state index contributed by atoms with van der Waals surface area (Å²) in [6.07, 6.45) is 9.75. The van der Waals surface area contributed by atoms with Gasteiger partial charge in [0.15, 0.2) is 5.75 Å². The van der Waals surface area contributed by atoms with Gasteiger partial charge in [0.1, 0.15) is 23.4 Å². The summed E-state index contributed by atoms with van der Waals surface area (Å²) in [5, 5.41) is 67.6. The number of nitrogens with one attached hydrogen (secondary N) is 1. The molecule has 1 saturated heterocycles. The lowest BCUT2D eigenvalue weighted by Crippen LogP contribution is -2.47. The molecule has 2 fully saturated rings. The van der Waals surface area contributed by atoms with Crippen molar-refractivity contribution in [3.8, 4) is 23.0 Å². The number of anilines is 1. The minimum Gasteiger partial charge on any atom is -0.507 e. The van der Waals surface area contributed by atoms with Crippen LogP contribution in [0.25, 0.3) is 10.8 Å². The molecule has 16 nitrogen and oxygen atoms in total. The molecule has 1 saturated carbocycles. The van der Waals surface area contributed by atoms with E-state index < -0.39 is 88.8 Å². The first-order valence-corrected chi connectivity index (χ1v) is 21.9. The number of hydrazone groups is 1. The van der Waals surface area contributed by atoms with E-state index in [0.29, 0.717) is 19.1 Å². The van der Waals surface area contributed by atoms with Gasteiger partial charge in [-0.1, -0.05) is 58.8 Å². The van der Waals surface area contributed by atoms with Crippen molar-refractivity contribution in [3.63, 3.8) is 0 Å². The number of aliphatic hydroxyl groups is 2. The van der Waals surface area contributed by atoms with Crippen LogP contribution in [0.4, 0.5) is 5.69 Å². The second-order valence-corrected chi connectivity index (χ2v) is 17.8. The van der Waals surface area contributed by atoms with E-state index in [1.165, 1.54) is 85.1 Å². The van der Waals surface area contributed by atoms with Crippen molar-refractivity contribution in [2.75, 3.05) is 38.6 Å². The largest absolute Gasteiger partial charge is 0.507 e. The molecule has 5 aliphatic rings. The van der Waals surface area contributed by atoms with E-state index in [0.717, 1.165) is 13.1 Å². The first-order valence-electron chi connectivity index (χ1n) is 21.9. The van der Waals surface area contributed by atoms with Crippen LogP contribution in [0.3, 0.4) is 0 Å². The maximum Gasteiger partial charge on any atom is 0.312 e. The predicted molar refractivity (Wildman–Crippen MR) is 237 cm³/mol. The number of benzene rings is 2. The lowest BCUT2D eigenvalue weighted by Gasteiger charge is -2.38. The Kier molecular flexibility index (Phi) is 14.5. The van der Waals surface area contributed by atoms with Crippen molar-refractivity contribution in [2.45, 2.75) is 117 Å². The number of esters is 1. The number of nitrogens with zero attached hydrogens (tertiary/aromatic N) is 3. The maximum absolute atomic E-state index is 14.5. The normalized spacial score (nSPS) is 31.9. The highest BCUT2D eigenvalue weighted by atomic mass is 16.7. The Balaban J connectivity index is 1.47. The van der Waals surface area contributed by atoms with Gasteiger partial charge in [-0.25, -0.2) is 0 Å². The smallest absolute Gasteiger partial charge is 0.312 e. The molecule has 9 atom stereocenters. The average Bonchev–Trinajstić information content (AvgIpc) is 3.89. The fourth-order valence-corrected chi connectivity index (χ4v) is 9.47. The summed E-state index contributed by atoms with van der Waals surface area (Å²) in [4.78, 5) is 43.2. The highest BCUT2D eigenvalue weighted by Gasteiger charge is 2.50. The molecule has 0 unspecified atom stereocenters. The van der Waals surface area contributed by atoms with Crippen LogP contribution >= 0.6 is 0 Å². The first-order chi connectivity index (χ1) is 29.8. The van der Waals surface area contributed by atoms with Crippen LogP contribution < -0.4 is 10.1 Å². The lowest BCUT2D eigenvalue weighted by atomic mass is 9.78. The van der Waals surface area contributed by atoms with Crippen molar-refractivity contribution in [2.24, 2.45) is 28.8 Å². The van der Waals surface area contributed by atoms with E-state index in [1.54, 1.807) is 39.8 Å². The number of piperazine rings is 1. The molecule has 0 radical (unpaired) electrons. The Morgan fingerprint density at radius 3 is 2.22 bits per heavy atom. The van der Waals surface area contributed by atoms with Gasteiger partial charge in [0.25, 0.3) is 11.7 Å². The molecule has 0 spiro atoms. The molecule has 4 aliphatic heterocycles. The molecule has 16 heteroatoms. The third-order valence-corrected chi connectivity index (χ3v) is 13.5. The number of aliphatic hydroxyl groups excluding tert-OH is 2. The minimum absolute atomic E-state index is 0.0631. The summed E-state index contributed by atoms with van der Waals surface area (Å²) >= 11 is 0. The number of hydrogen-bond donors (Lipinski definition) is 6. The van der Waals surface area contributed by atoms with Gasteiger partial charge in [0.2, 0.25) is 0 Å². The number of ketones is 1. The van der Waals surface area contributed by atoms with Gasteiger partial charge in [-0.05, 0) is 32.8 Å². The number of phenols is 3. The zero-order valence-electron chi connectivity index (χ0n) is 37.8. The third-order valence-electron chi connectivity index (χ3n) is 13.5. The Morgan fingerprint density at radius 2 is 1.59 bits per heavy atom.